The quantitative estimate of drug-likeness (QED) is 0.870. The summed E-state index contributed by atoms with van der Waals surface area (Å²) in [6, 6.07) is 13.9. The second-order valence-electron chi connectivity index (χ2n) is 5.76. The van der Waals surface area contributed by atoms with Crippen molar-refractivity contribution in [3.63, 3.8) is 0 Å². The van der Waals surface area contributed by atoms with Crippen molar-refractivity contribution in [2.45, 2.75) is 25.4 Å². The fourth-order valence-corrected chi connectivity index (χ4v) is 3.02. The summed E-state index contributed by atoms with van der Waals surface area (Å²) in [5, 5.41) is 0. The second-order valence-corrected chi connectivity index (χ2v) is 5.76. The molecule has 0 radical (unpaired) electrons. The van der Waals surface area contributed by atoms with Gasteiger partial charge in [0.25, 0.3) is 0 Å². The van der Waals surface area contributed by atoms with Gasteiger partial charge in [0.1, 0.15) is 0 Å². The van der Waals surface area contributed by atoms with E-state index in [-0.39, 0.29) is 11.9 Å². The van der Waals surface area contributed by atoms with Gasteiger partial charge in [-0.25, -0.2) is 0 Å². The molecule has 1 amide bonds. The van der Waals surface area contributed by atoms with E-state index in [0.29, 0.717) is 0 Å². The molecule has 1 saturated heterocycles. The van der Waals surface area contributed by atoms with Crippen molar-refractivity contribution in [3.05, 3.63) is 60.4 Å². The number of rotatable bonds is 4. The van der Waals surface area contributed by atoms with Crippen molar-refractivity contribution in [2.24, 2.45) is 0 Å². The van der Waals surface area contributed by atoms with E-state index in [1.165, 1.54) is 0 Å². The zero-order chi connectivity index (χ0) is 15.4. The minimum Gasteiger partial charge on any atom is -0.311 e. The van der Waals surface area contributed by atoms with Crippen LogP contribution >= 0.6 is 0 Å². The van der Waals surface area contributed by atoms with E-state index >= 15 is 0 Å². The standard InChI is InChI=1S/C18H21N3O/c1-20(14-15-7-5-11-19-13-15)17-10-6-12-21(18(17)22)16-8-3-2-4-9-16/h2-5,7-9,11,13,17H,6,10,12,14H2,1H3/t17-/m1/s1. The fourth-order valence-electron chi connectivity index (χ4n) is 3.02. The van der Waals surface area contributed by atoms with Gasteiger partial charge in [0, 0.05) is 31.2 Å². The molecule has 0 saturated carbocycles. The topological polar surface area (TPSA) is 36.4 Å². The summed E-state index contributed by atoms with van der Waals surface area (Å²) >= 11 is 0. The van der Waals surface area contributed by atoms with Gasteiger partial charge in [-0.3, -0.25) is 14.7 Å². The summed E-state index contributed by atoms with van der Waals surface area (Å²) in [5.74, 6) is 0.198. The molecule has 0 aliphatic carbocycles. The molecule has 22 heavy (non-hydrogen) atoms. The summed E-state index contributed by atoms with van der Waals surface area (Å²) in [6.07, 6.45) is 5.58. The summed E-state index contributed by atoms with van der Waals surface area (Å²) in [5.41, 5.74) is 2.13. The highest BCUT2D eigenvalue weighted by Crippen LogP contribution is 2.23. The Morgan fingerprint density at radius 1 is 1.23 bits per heavy atom. The van der Waals surface area contributed by atoms with Crippen molar-refractivity contribution < 1.29 is 4.79 Å². The van der Waals surface area contributed by atoms with Gasteiger partial charge in [-0.05, 0) is 43.7 Å². The molecule has 0 bridgehead atoms. The first-order valence-corrected chi connectivity index (χ1v) is 7.71. The highest BCUT2D eigenvalue weighted by atomic mass is 16.2. The Labute approximate surface area is 131 Å². The zero-order valence-electron chi connectivity index (χ0n) is 12.9. The second kappa shape index (κ2) is 6.71. The molecular weight excluding hydrogens is 274 g/mol. The van der Waals surface area contributed by atoms with Crippen LogP contribution in [0.1, 0.15) is 18.4 Å². The largest absolute Gasteiger partial charge is 0.311 e. The van der Waals surface area contributed by atoms with Crippen LogP contribution in [0.25, 0.3) is 0 Å². The van der Waals surface area contributed by atoms with E-state index in [4.69, 9.17) is 0 Å². The Morgan fingerprint density at radius 2 is 2.05 bits per heavy atom. The predicted molar refractivity (Wildman–Crippen MR) is 87.5 cm³/mol. The number of likely N-dealkylation sites (N-methyl/N-ethyl adjacent to an activating group) is 1. The van der Waals surface area contributed by atoms with Gasteiger partial charge in [-0.2, -0.15) is 0 Å². The van der Waals surface area contributed by atoms with Gasteiger partial charge in [-0.15, -0.1) is 0 Å². The smallest absolute Gasteiger partial charge is 0.244 e. The number of aromatic nitrogens is 1. The van der Waals surface area contributed by atoms with Crippen molar-refractivity contribution in [1.29, 1.82) is 0 Å². The monoisotopic (exact) mass is 295 g/mol. The summed E-state index contributed by atoms with van der Waals surface area (Å²) < 4.78 is 0. The molecule has 1 fully saturated rings. The zero-order valence-corrected chi connectivity index (χ0v) is 12.9. The van der Waals surface area contributed by atoms with Gasteiger partial charge in [0.05, 0.1) is 6.04 Å². The van der Waals surface area contributed by atoms with Crippen LogP contribution in [0.5, 0.6) is 0 Å². The van der Waals surface area contributed by atoms with Gasteiger partial charge in [0.15, 0.2) is 0 Å². The van der Waals surface area contributed by atoms with E-state index in [0.717, 1.165) is 37.2 Å². The number of nitrogens with zero attached hydrogens (tertiary/aromatic N) is 3. The first kappa shape index (κ1) is 14.7. The van der Waals surface area contributed by atoms with Crippen LogP contribution in [0.15, 0.2) is 54.9 Å². The predicted octanol–water partition coefficient (Wildman–Crippen LogP) is 2.71. The SMILES string of the molecule is CN(Cc1cccnc1)[C@@H]1CCCN(c2ccccc2)C1=O. The highest BCUT2D eigenvalue weighted by molar-refractivity contribution is 5.97. The van der Waals surface area contributed by atoms with E-state index in [9.17, 15) is 4.79 Å². The summed E-state index contributed by atoms with van der Waals surface area (Å²) in [6.45, 7) is 1.55. The number of pyridine rings is 1. The fraction of sp³-hybridized carbons (Fsp3) is 0.333. The molecule has 1 aromatic heterocycles. The number of hydrogen-bond donors (Lipinski definition) is 0. The number of carbonyl (C=O) groups is 1. The lowest BCUT2D eigenvalue weighted by Gasteiger charge is -2.36. The van der Waals surface area contributed by atoms with Crippen molar-refractivity contribution >= 4 is 11.6 Å². The molecule has 0 unspecified atom stereocenters. The molecular formula is C18H21N3O. The van der Waals surface area contributed by atoms with Gasteiger partial charge < -0.3 is 4.90 Å². The average Bonchev–Trinajstić information content (AvgIpc) is 2.56. The third-order valence-corrected chi connectivity index (χ3v) is 4.17. The molecule has 1 aliphatic heterocycles. The van der Waals surface area contributed by atoms with Gasteiger partial charge in [-0.1, -0.05) is 24.3 Å². The number of carbonyl (C=O) groups excluding carboxylic acids is 1. The molecule has 0 N–H and O–H groups in total. The molecule has 114 valence electrons. The van der Waals surface area contributed by atoms with Crippen LogP contribution in [0.2, 0.25) is 0 Å². The number of amides is 1. The van der Waals surface area contributed by atoms with E-state index in [1.54, 1.807) is 6.20 Å². The van der Waals surface area contributed by atoms with E-state index < -0.39 is 0 Å². The molecule has 1 aliphatic rings. The van der Waals surface area contributed by atoms with E-state index in [2.05, 4.69) is 9.88 Å². The Balaban J connectivity index is 1.72. The third kappa shape index (κ3) is 3.17. The van der Waals surface area contributed by atoms with Crippen molar-refractivity contribution in [2.75, 3.05) is 18.5 Å². The molecule has 1 atom stereocenters. The maximum Gasteiger partial charge on any atom is 0.244 e. The Hall–Kier alpha value is -2.20. The average molecular weight is 295 g/mol. The van der Waals surface area contributed by atoms with Crippen LogP contribution in [-0.2, 0) is 11.3 Å². The number of anilines is 1. The molecule has 4 heteroatoms. The summed E-state index contributed by atoms with van der Waals surface area (Å²) in [4.78, 5) is 21.0. The molecule has 3 rings (SSSR count). The van der Waals surface area contributed by atoms with Crippen molar-refractivity contribution in [1.82, 2.24) is 9.88 Å². The lowest BCUT2D eigenvalue weighted by Crippen LogP contribution is -2.51. The number of hydrogen-bond acceptors (Lipinski definition) is 3. The Bertz CT molecular complexity index is 615. The van der Waals surface area contributed by atoms with Crippen LogP contribution < -0.4 is 4.90 Å². The van der Waals surface area contributed by atoms with Gasteiger partial charge >= 0.3 is 0 Å². The first-order valence-electron chi connectivity index (χ1n) is 7.71. The molecule has 1 aromatic carbocycles. The van der Waals surface area contributed by atoms with E-state index in [1.807, 2.05) is 60.6 Å². The van der Waals surface area contributed by atoms with Crippen LogP contribution in [-0.4, -0.2) is 35.4 Å². The normalized spacial score (nSPS) is 18.7. The third-order valence-electron chi connectivity index (χ3n) is 4.17. The molecule has 2 heterocycles. The summed E-state index contributed by atoms with van der Waals surface area (Å²) in [7, 11) is 2.02. The first-order chi connectivity index (χ1) is 10.8. The van der Waals surface area contributed by atoms with Crippen LogP contribution in [0, 0.1) is 0 Å². The maximum atomic E-state index is 12.8. The number of para-hydroxylation sites is 1. The minimum absolute atomic E-state index is 0.0610. The Kier molecular flexibility index (Phi) is 4.49. The van der Waals surface area contributed by atoms with Gasteiger partial charge in [0.2, 0.25) is 5.91 Å². The van der Waals surface area contributed by atoms with Crippen molar-refractivity contribution in [3.8, 4) is 0 Å². The highest BCUT2D eigenvalue weighted by Gasteiger charge is 2.32. The lowest BCUT2D eigenvalue weighted by atomic mass is 10.0. The molecule has 0 spiro atoms. The number of piperidine rings is 1. The maximum absolute atomic E-state index is 12.8. The van der Waals surface area contributed by atoms with Crippen LogP contribution in [0.4, 0.5) is 5.69 Å². The lowest BCUT2D eigenvalue weighted by molar-refractivity contribution is -0.125. The molecule has 4 nitrogen and oxygen atoms in total. The van der Waals surface area contributed by atoms with Crippen LogP contribution in [0.3, 0.4) is 0 Å². The number of benzene rings is 1. The minimum atomic E-state index is -0.0610. The Morgan fingerprint density at radius 3 is 2.77 bits per heavy atom. The molecule has 2 aromatic rings.